The molecule has 1 aliphatic rings. The minimum absolute atomic E-state index is 0.0283. The van der Waals surface area contributed by atoms with E-state index in [1.807, 2.05) is 80.6 Å². The molecule has 0 aromatic heterocycles. The fraction of sp³-hybridized carbons (Fsp3) is 0.296. The summed E-state index contributed by atoms with van der Waals surface area (Å²) >= 11 is 0. The van der Waals surface area contributed by atoms with Crippen molar-refractivity contribution in [2.45, 2.75) is 37.6 Å². The van der Waals surface area contributed by atoms with Crippen LogP contribution in [0.5, 0.6) is 0 Å². The molecule has 1 amide bonds. The molecule has 3 aromatic carbocycles. The zero-order valence-electron chi connectivity index (χ0n) is 19.1. The predicted octanol–water partition coefficient (Wildman–Crippen LogP) is 4.61. The predicted molar refractivity (Wildman–Crippen MR) is 130 cm³/mol. The van der Waals surface area contributed by atoms with E-state index in [0.29, 0.717) is 30.8 Å². The summed E-state index contributed by atoms with van der Waals surface area (Å²) in [5.41, 5.74) is 4.23. The molecule has 0 bridgehead atoms. The van der Waals surface area contributed by atoms with Gasteiger partial charge in [-0.2, -0.15) is 4.31 Å². The van der Waals surface area contributed by atoms with Crippen LogP contribution in [0.15, 0.2) is 83.8 Å². The molecule has 6 heteroatoms. The van der Waals surface area contributed by atoms with Gasteiger partial charge in [-0.05, 0) is 55.5 Å². The molecule has 1 heterocycles. The number of hydrogen-bond acceptors (Lipinski definition) is 3. The van der Waals surface area contributed by atoms with Crippen LogP contribution in [0, 0.1) is 19.8 Å². The van der Waals surface area contributed by atoms with E-state index in [0.717, 1.165) is 22.3 Å². The second-order valence-corrected chi connectivity index (χ2v) is 10.6. The summed E-state index contributed by atoms with van der Waals surface area (Å²) in [4.78, 5) is 13.6. The molecule has 1 aliphatic heterocycles. The van der Waals surface area contributed by atoms with Crippen LogP contribution in [0.3, 0.4) is 0 Å². The number of carbonyl (C=O) groups is 1. The zero-order valence-corrected chi connectivity index (χ0v) is 19.9. The van der Waals surface area contributed by atoms with Gasteiger partial charge in [-0.15, -0.1) is 0 Å². The summed E-state index contributed by atoms with van der Waals surface area (Å²) in [7, 11) is -3.54. The molecule has 0 spiro atoms. The molecule has 1 unspecified atom stereocenters. The van der Waals surface area contributed by atoms with Gasteiger partial charge in [0.25, 0.3) is 0 Å². The lowest BCUT2D eigenvalue weighted by Gasteiger charge is -2.32. The van der Waals surface area contributed by atoms with Crippen LogP contribution in [-0.4, -0.2) is 31.7 Å². The zero-order chi connectivity index (χ0) is 23.4. The number of hydrogen-bond donors (Lipinski definition) is 1. The maximum atomic E-state index is 13.3. The Morgan fingerprint density at radius 1 is 0.879 bits per heavy atom. The number of aryl methyl sites for hydroxylation is 2. The van der Waals surface area contributed by atoms with E-state index in [4.69, 9.17) is 0 Å². The van der Waals surface area contributed by atoms with Crippen LogP contribution in [0.1, 0.15) is 41.1 Å². The number of benzene rings is 3. The van der Waals surface area contributed by atoms with E-state index in [9.17, 15) is 13.2 Å². The maximum absolute atomic E-state index is 13.3. The summed E-state index contributed by atoms with van der Waals surface area (Å²) in [6.07, 6.45) is 1.01. The number of amides is 1. The molecule has 0 aliphatic carbocycles. The average molecular weight is 463 g/mol. The molecule has 1 N–H and O–H groups in total. The van der Waals surface area contributed by atoms with Crippen molar-refractivity contribution in [1.29, 1.82) is 0 Å². The lowest BCUT2D eigenvalue weighted by Crippen LogP contribution is -2.43. The van der Waals surface area contributed by atoms with Gasteiger partial charge < -0.3 is 5.32 Å². The quantitative estimate of drug-likeness (QED) is 0.582. The lowest BCUT2D eigenvalue weighted by atomic mass is 9.92. The molecule has 4 rings (SSSR count). The molecule has 3 aromatic rings. The Kier molecular flexibility index (Phi) is 6.96. The topological polar surface area (TPSA) is 66.5 Å². The minimum atomic E-state index is -3.54. The largest absolute Gasteiger partial charge is 0.345 e. The van der Waals surface area contributed by atoms with E-state index >= 15 is 0 Å². The van der Waals surface area contributed by atoms with Gasteiger partial charge in [0.1, 0.15) is 0 Å². The summed E-state index contributed by atoms with van der Waals surface area (Å²) in [5, 5.41) is 3.24. The van der Waals surface area contributed by atoms with Gasteiger partial charge in [0, 0.05) is 19.0 Å². The van der Waals surface area contributed by atoms with Gasteiger partial charge in [0.2, 0.25) is 15.9 Å². The normalized spacial score (nSPS) is 16.3. The fourth-order valence-electron chi connectivity index (χ4n) is 4.37. The van der Waals surface area contributed by atoms with E-state index in [2.05, 4.69) is 5.32 Å². The van der Waals surface area contributed by atoms with Crippen molar-refractivity contribution in [2.24, 2.45) is 5.92 Å². The standard InChI is InChI=1S/C27H30N2O3S/c1-20-12-14-24(15-13-20)33(31,32)29-18-16-23(17-19-29)27(30)28-26(22-9-4-3-5-10-22)25-11-7-6-8-21(25)2/h3-15,23,26H,16-19H2,1-2H3,(H,28,30). The van der Waals surface area contributed by atoms with Crippen molar-refractivity contribution in [3.05, 3.63) is 101 Å². The number of sulfonamides is 1. The molecule has 1 fully saturated rings. The Labute approximate surface area is 196 Å². The van der Waals surface area contributed by atoms with Crippen molar-refractivity contribution in [2.75, 3.05) is 13.1 Å². The van der Waals surface area contributed by atoms with Crippen LogP contribution in [0.4, 0.5) is 0 Å². The van der Waals surface area contributed by atoms with Crippen molar-refractivity contribution in [3.63, 3.8) is 0 Å². The third-order valence-corrected chi connectivity index (χ3v) is 8.32. The monoisotopic (exact) mass is 462 g/mol. The van der Waals surface area contributed by atoms with E-state index in [1.165, 1.54) is 4.31 Å². The Hall–Kier alpha value is -2.96. The number of piperidine rings is 1. The van der Waals surface area contributed by atoms with Gasteiger partial charge in [0.15, 0.2) is 0 Å². The Balaban J connectivity index is 1.46. The molecule has 5 nitrogen and oxygen atoms in total. The number of rotatable bonds is 6. The Morgan fingerprint density at radius 2 is 1.48 bits per heavy atom. The number of carbonyl (C=O) groups excluding carboxylic acids is 1. The summed E-state index contributed by atoms with van der Waals surface area (Å²) < 4.78 is 27.5. The maximum Gasteiger partial charge on any atom is 0.243 e. The summed E-state index contributed by atoms with van der Waals surface area (Å²) in [6, 6.07) is 24.7. The van der Waals surface area contributed by atoms with Crippen LogP contribution < -0.4 is 5.32 Å². The first-order valence-corrected chi connectivity index (χ1v) is 12.8. The highest BCUT2D eigenvalue weighted by Crippen LogP contribution is 2.28. The van der Waals surface area contributed by atoms with E-state index < -0.39 is 10.0 Å². The molecule has 1 atom stereocenters. The molecule has 0 saturated carbocycles. The highest BCUT2D eigenvalue weighted by atomic mass is 32.2. The van der Waals surface area contributed by atoms with Gasteiger partial charge >= 0.3 is 0 Å². The highest BCUT2D eigenvalue weighted by Gasteiger charge is 2.33. The summed E-state index contributed by atoms with van der Waals surface area (Å²) in [6.45, 7) is 4.66. The van der Waals surface area contributed by atoms with Gasteiger partial charge in [-0.25, -0.2) is 8.42 Å². The van der Waals surface area contributed by atoms with Crippen LogP contribution in [0.2, 0.25) is 0 Å². The van der Waals surface area contributed by atoms with E-state index in [-0.39, 0.29) is 17.9 Å². The Bertz CT molecular complexity index is 1200. The molecular weight excluding hydrogens is 432 g/mol. The SMILES string of the molecule is Cc1ccc(S(=O)(=O)N2CCC(C(=O)NC(c3ccccc3)c3ccccc3C)CC2)cc1. The van der Waals surface area contributed by atoms with Crippen molar-refractivity contribution < 1.29 is 13.2 Å². The number of nitrogens with one attached hydrogen (secondary N) is 1. The fourth-order valence-corrected chi connectivity index (χ4v) is 5.84. The summed E-state index contributed by atoms with van der Waals surface area (Å²) in [5.74, 6) is -0.246. The van der Waals surface area contributed by atoms with E-state index in [1.54, 1.807) is 12.1 Å². The third kappa shape index (κ3) is 5.18. The second-order valence-electron chi connectivity index (χ2n) is 8.70. The highest BCUT2D eigenvalue weighted by molar-refractivity contribution is 7.89. The van der Waals surface area contributed by atoms with Crippen molar-refractivity contribution in [3.8, 4) is 0 Å². The van der Waals surface area contributed by atoms with Crippen molar-refractivity contribution >= 4 is 15.9 Å². The molecule has 0 radical (unpaired) electrons. The smallest absolute Gasteiger partial charge is 0.243 e. The third-order valence-electron chi connectivity index (χ3n) is 6.40. The molecule has 33 heavy (non-hydrogen) atoms. The number of nitrogens with zero attached hydrogens (tertiary/aromatic N) is 1. The average Bonchev–Trinajstić information content (AvgIpc) is 2.84. The van der Waals surface area contributed by atoms with Crippen LogP contribution in [-0.2, 0) is 14.8 Å². The molecule has 172 valence electrons. The van der Waals surface area contributed by atoms with Gasteiger partial charge in [0.05, 0.1) is 10.9 Å². The first-order valence-electron chi connectivity index (χ1n) is 11.3. The van der Waals surface area contributed by atoms with Gasteiger partial charge in [-0.3, -0.25) is 4.79 Å². The van der Waals surface area contributed by atoms with Crippen LogP contribution in [0.25, 0.3) is 0 Å². The van der Waals surface area contributed by atoms with Crippen LogP contribution >= 0.6 is 0 Å². The Morgan fingerprint density at radius 3 is 2.12 bits per heavy atom. The lowest BCUT2D eigenvalue weighted by molar-refractivity contribution is -0.126. The first-order chi connectivity index (χ1) is 15.9. The minimum Gasteiger partial charge on any atom is -0.345 e. The molecule has 1 saturated heterocycles. The second kappa shape index (κ2) is 9.89. The van der Waals surface area contributed by atoms with Gasteiger partial charge in [-0.1, -0.05) is 72.3 Å². The molecular formula is C27H30N2O3S. The first kappa shape index (κ1) is 23.2. The van der Waals surface area contributed by atoms with Crippen molar-refractivity contribution in [1.82, 2.24) is 9.62 Å².